The van der Waals surface area contributed by atoms with Gasteiger partial charge in [-0.25, -0.2) is 4.39 Å². The first kappa shape index (κ1) is 26.5. The standard InChI is InChI=1S/C20H22FN5O5.2ClH/c21-10-6-11(7-22)25(9-10)16(28)8-23-13-3-1-2-12-17(13)20(31)26(19(12)30)14-4-5-15(27)24-18(14)29;;/h1-3,10-11,14,23H,4-9,22H2,(H,24,27,29);2*1H/t10-,11-,14?;;/m0../s1. The molecule has 0 spiro atoms. The average Bonchev–Trinajstić information content (AvgIpc) is 3.24. The molecule has 1 aromatic carbocycles. The number of benzene rings is 1. The highest BCUT2D eigenvalue weighted by molar-refractivity contribution is 6.25. The van der Waals surface area contributed by atoms with Crippen molar-refractivity contribution in [1.82, 2.24) is 15.1 Å². The van der Waals surface area contributed by atoms with Crippen molar-refractivity contribution in [2.75, 3.05) is 25.0 Å². The van der Waals surface area contributed by atoms with Crippen molar-refractivity contribution < 1.29 is 28.4 Å². The summed E-state index contributed by atoms with van der Waals surface area (Å²) in [5, 5.41) is 5.01. The van der Waals surface area contributed by atoms with Crippen molar-refractivity contribution in [3.63, 3.8) is 0 Å². The lowest BCUT2D eigenvalue weighted by Crippen LogP contribution is -2.54. The largest absolute Gasteiger partial charge is 0.375 e. The Balaban J connectivity index is 0.00000193. The molecule has 3 aliphatic rings. The van der Waals surface area contributed by atoms with Crippen molar-refractivity contribution in [3.05, 3.63) is 29.3 Å². The van der Waals surface area contributed by atoms with E-state index < -0.39 is 35.8 Å². The number of hydrogen-bond acceptors (Lipinski definition) is 7. The fourth-order valence-electron chi connectivity index (χ4n) is 4.32. The van der Waals surface area contributed by atoms with Crippen LogP contribution in [0.1, 0.15) is 40.0 Å². The van der Waals surface area contributed by atoms with Crippen LogP contribution in [0.4, 0.5) is 10.1 Å². The summed E-state index contributed by atoms with van der Waals surface area (Å²) in [7, 11) is 0. The second kappa shape index (κ2) is 10.4. The number of nitrogens with one attached hydrogen (secondary N) is 2. The summed E-state index contributed by atoms with van der Waals surface area (Å²) in [5.41, 5.74) is 6.05. The number of imide groups is 2. The Labute approximate surface area is 201 Å². The van der Waals surface area contributed by atoms with Crippen LogP contribution in [-0.2, 0) is 14.4 Å². The summed E-state index contributed by atoms with van der Waals surface area (Å²) in [6.07, 6.45) is -0.856. The second-order valence-electron chi connectivity index (χ2n) is 7.80. The van der Waals surface area contributed by atoms with E-state index in [1.54, 1.807) is 12.1 Å². The molecule has 3 heterocycles. The maximum absolute atomic E-state index is 13.7. The Morgan fingerprint density at radius 2 is 1.91 bits per heavy atom. The minimum absolute atomic E-state index is 0. The molecule has 0 aromatic heterocycles. The maximum atomic E-state index is 13.7. The van der Waals surface area contributed by atoms with E-state index in [0.29, 0.717) is 0 Å². The average molecular weight is 504 g/mol. The first-order valence-corrected chi connectivity index (χ1v) is 10.0. The Hall–Kier alpha value is -2.76. The zero-order chi connectivity index (χ0) is 22.3. The summed E-state index contributed by atoms with van der Waals surface area (Å²) in [4.78, 5) is 64.2. The monoisotopic (exact) mass is 503 g/mol. The zero-order valence-corrected chi connectivity index (χ0v) is 19.0. The van der Waals surface area contributed by atoms with E-state index in [9.17, 15) is 28.4 Å². The highest BCUT2D eigenvalue weighted by Gasteiger charge is 2.45. The van der Waals surface area contributed by atoms with Crippen molar-refractivity contribution in [3.8, 4) is 0 Å². The lowest BCUT2D eigenvalue weighted by molar-refractivity contribution is -0.136. The Morgan fingerprint density at radius 3 is 2.58 bits per heavy atom. The van der Waals surface area contributed by atoms with Crippen LogP contribution in [0.3, 0.4) is 0 Å². The van der Waals surface area contributed by atoms with Crippen LogP contribution in [0.2, 0.25) is 0 Å². The van der Waals surface area contributed by atoms with Gasteiger partial charge in [0, 0.05) is 31.1 Å². The summed E-state index contributed by atoms with van der Waals surface area (Å²) < 4.78 is 13.7. The molecule has 0 aliphatic carbocycles. The third kappa shape index (κ3) is 4.80. The molecule has 180 valence electrons. The smallest absolute Gasteiger partial charge is 0.264 e. The van der Waals surface area contributed by atoms with Gasteiger partial charge in [-0.3, -0.25) is 34.2 Å². The summed E-state index contributed by atoms with van der Waals surface area (Å²) in [6, 6.07) is 3.12. The van der Waals surface area contributed by atoms with Crippen LogP contribution in [0.5, 0.6) is 0 Å². The summed E-state index contributed by atoms with van der Waals surface area (Å²) in [6.45, 7) is -0.0870. The number of halogens is 3. The number of amides is 5. The predicted molar refractivity (Wildman–Crippen MR) is 120 cm³/mol. The van der Waals surface area contributed by atoms with Gasteiger partial charge in [0.05, 0.1) is 24.2 Å². The number of likely N-dealkylation sites (tertiary alicyclic amines) is 1. The molecule has 2 saturated heterocycles. The number of alkyl halides is 1. The number of hydrogen-bond donors (Lipinski definition) is 3. The van der Waals surface area contributed by atoms with Gasteiger partial charge >= 0.3 is 0 Å². The molecule has 1 unspecified atom stereocenters. The van der Waals surface area contributed by atoms with Crippen LogP contribution >= 0.6 is 24.8 Å². The molecule has 3 atom stereocenters. The Bertz CT molecular complexity index is 994. The highest BCUT2D eigenvalue weighted by atomic mass is 35.5. The van der Waals surface area contributed by atoms with Gasteiger partial charge in [0.15, 0.2) is 0 Å². The van der Waals surface area contributed by atoms with Crippen molar-refractivity contribution in [2.24, 2.45) is 5.73 Å². The van der Waals surface area contributed by atoms with Crippen LogP contribution in [0.15, 0.2) is 18.2 Å². The van der Waals surface area contributed by atoms with Crippen molar-refractivity contribution in [2.45, 2.75) is 37.5 Å². The normalized spacial score (nSPS) is 24.1. The first-order valence-electron chi connectivity index (χ1n) is 10.0. The molecular formula is C20H24Cl2FN5O5. The van der Waals surface area contributed by atoms with Gasteiger partial charge in [-0.2, -0.15) is 0 Å². The molecule has 33 heavy (non-hydrogen) atoms. The fourth-order valence-corrected chi connectivity index (χ4v) is 4.32. The van der Waals surface area contributed by atoms with E-state index in [-0.39, 0.29) is 92.5 Å². The predicted octanol–water partition coefficient (Wildman–Crippen LogP) is 0.241. The number of anilines is 1. The summed E-state index contributed by atoms with van der Waals surface area (Å²) >= 11 is 0. The maximum Gasteiger partial charge on any atom is 0.264 e. The molecular weight excluding hydrogens is 480 g/mol. The minimum Gasteiger partial charge on any atom is -0.375 e. The van der Waals surface area contributed by atoms with Crippen LogP contribution in [0.25, 0.3) is 0 Å². The molecule has 4 N–H and O–H groups in total. The lowest BCUT2D eigenvalue weighted by Gasteiger charge is -2.27. The first-order chi connectivity index (χ1) is 14.8. The van der Waals surface area contributed by atoms with Crippen LogP contribution in [-0.4, -0.2) is 77.2 Å². The lowest BCUT2D eigenvalue weighted by atomic mass is 10.0. The molecule has 0 radical (unpaired) electrons. The van der Waals surface area contributed by atoms with Gasteiger partial charge in [0.2, 0.25) is 17.7 Å². The number of carbonyl (C=O) groups excluding carboxylic acids is 5. The fraction of sp³-hybridized carbons (Fsp3) is 0.450. The molecule has 10 nitrogen and oxygen atoms in total. The molecule has 0 bridgehead atoms. The summed E-state index contributed by atoms with van der Waals surface area (Å²) in [5.74, 6) is -2.82. The van der Waals surface area contributed by atoms with E-state index in [1.807, 2.05) is 0 Å². The van der Waals surface area contributed by atoms with Gasteiger partial charge in [-0.15, -0.1) is 24.8 Å². The van der Waals surface area contributed by atoms with Gasteiger partial charge in [0.1, 0.15) is 12.2 Å². The molecule has 0 saturated carbocycles. The van der Waals surface area contributed by atoms with Gasteiger partial charge in [0.25, 0.3) is 11.8 Å². The Morgan fingerprint density at radius 1 is 1.18 bits per heavy atom. The Kier molecular flexibility index (Phi) is 8.39. The number of nitrogens with zero attached hydrogens (tertiary/aromatic N) is 2. The topological polar surface area (TPSA) is 142 Å². The van der Waals surface area contributed by atoms with E-state index in [1.165, 1.54) is 11.0 Å². The highest BCUT2D eigenvalue weighted by Crippen LogP contribution is 2.32. The van der Waals surface area contributed by atoms with Gasteiger partial charge in [-0.05, 0) is 18.6 Å². The van der Waals surface area contributed by atoms with Gasteiger partial charge < -0.3 is 16.0 Å². The number of piperidine rings is 1. The SMILES string of the molecule is Cl.Cl.NC[C@@H]1C[C@H](F)CN1C(=O)CNc1cccc2c1C(=O)N(C1CCC(=O)NC1=O)C2=O. The van der Waals surface area contributed by atoms with Crippen molar-refractivity contribution in [1.29, 1.82) is 0 Å². The number of nitrogens with two attached hydrogens (primary N) is 1. The molecule has 13 heteroatoms. The van der Waals surface area contributed by atoms with E-state index in [4.69, 9.17) is 5.73 Å². The molecule has 5 amide bonds. The quantitative estimate of drug-likeness (QED) is 0.488. The zero-order valence-electron chi connectivity index (χ0n) is 17.4. The van der Waals surface area contributed by atoms with Crippen LogP contribution < -0.4 is 16.4 Å². The third-order valence-electron chi connectivity index (χ3n) is 5.85. The molecule has 3 aliphatic heterocycles. The molecule has 4 rings (SSSR count). The molecule has 1 aromatic rings. The second-order valence-corrected chi connectivity index (χ2v) is 7.80. The van der Waals surface area contributed by atoms with Gasteiger partial charge in [-0.1, -0.05) is 6.07 Å². The van der Waals surface area contributed by atoms with E-state index in [2.05, 4.69) is 10.6 Å². The number of fused-ring (bicyclic) bond motifs is 1. The number of rotatable bonds is 5. The van der Waals surface area contributed by atoms with E-state index in [0.717, 1.165) is 4.90 Å². The van der Waals surface area contributed by atoms with Crippen LogP contribution in [0, 0.1) is 0 Å². The minimum atomic E-state index is -1.13. The third-order valence-corrected chi connectivity index (χ3v) is 5.85. The molecule has 2 fully saturated rings. The van der Waals surface area contributed by atoms with E-state index >= 15 is 0 Å². The van der Waals surface area contributed by atoms with Crippen molar-refractivity contribution >= 4 is 60.0 Å². The number of carbonyl (C=O) groups is 5.